The van der Waals surface area contributed by atoms with Crippen LogP contribution in [0.25, 0.3) is 0 Å². The lowest BCUT2D eigenvalue weighted by Crippen LogP contribution is -2.27. The van der Waals surface area contributed by atoms with E-state index in [1.807, 2.05) is 0 Å². The van der Waals surface area contributed by atoms with Crippen LogP contribution in [0, 0.1) is 6.92 Å². The van der Waals surface area contributed by atoms with Crippen LogP contribution >= 0.6 is 0 Å². The Kier molecular flexibility index (Phi) is 5.44. The Hall–Kier alpha value is -0.870. The van der Waals surface area contributed by atoms with Crippen LogP contribution in [0.4, 0.5) is 0 Å². The van der Waals surface area contributed by atoms with Crippen LogP contribution in [0.1, 0.15) is 50.3 Å². The molecule has 1 aliphatic heterocycles. The molecule has 1 aliphatic rings. The smallest absolute Gasteiger partial charge is 0.152 e. The Morgan fingerprint density at radius 3 is 2.52 bits per heavy atom. The topological polar surface area (TPSA) is 37.4 Å². The van der Waals surface area contributed by atoms with E-state index in [2.05, 4.69) is 36.1 Å². The number of rotatable bonds is 6. The van der Waals surface area contributed by atoms with Crippen molar-refractivity contribution in [2.75, 3.05) is 18.8 Å². The second-order valence-corrected chi connectivity index (χ2v) is 9.05. The minimum Gasteiger partial charge on any atom is -0.296 e. The molecule has 0 N–H and O–H groups in total. The maximum absolute atomic E-state index is 11.9. The Bertz CT molecular complexity index is 549. The van der Waals surface area contributed by atoms with Crippen LogP contribution in [-0.2, 0) is 9.84 Å². The van der Waals surface area contributed by atoms with Crippen molar-refractivity contribution < 1.29 is 8.42 Å². The second kappa shape index (κ2) is 6.93. The molecular weight excluding hydrogens is 282 g/mol. The van der Waals surface area contributed by atoms with E-state index < -0.39 is 9.84 Å². The van der Waals surface area contributed by atoms with Crippen molar-refractivity contribution in [2.24, 2.45) is 0 Å². The largest absolute Gasteiger partial charge is 0.296 e. The van der Waals surface area contributed by atoms with E-state index in [1.165, 1.54) is 24.0 Å². The van der Waals surface area contributed by atoms with Gasteiger partial charge in [-0.2, -0.15) is 0 Å². The standard InChI is InChI=1S/C17H27NO2S/c1-14(2)21(19,20)13-5-12-18-11-4-6-17(18)16-9-7-15(3)8-10-16/h7-10,14,17H,4-6,11-13H2,1-3H3. The molecule has 1 fully saturated rings. The van der Waals surface area contributed by atoms with Gasteiger partial charge in [-0.25, -0.2) is 8.42 Å². The summed E-state index contributed by atoms with van der Waals surface area (Å²) in [7, 11) is -2.90. The predicted molar refractivity (Wildman–Crippen MR) is 88.3 cm³/mol. The van der Waals surface area contributed by atoms with Gasteiger partial charge in [-0.1, -0.05) is 29.8 Å². The maximum atomic E-state index is 11.9. The molecule has 21 heavy (non-hydrogen) atoms. The fourth-order valence-corrected chi connectivity index (χ4v) is 3.97. The summed E-state index contributed by atoms with van der Waals surface area (Å²) in [6.07, 6.45) is 3.12. The SMILES string of the molecule is Cc1ccc(C2CCCN2CCCS(=O)(=O)C(C)C)cc1. The summed E-state index contributed by atoms with van der Waals surface area (Å²) in [6, 6.07) is 9.21. The number of sulfone groups is 1. The van der Waals surface area contributed by atoms with Crippen LogP contribution in [0.3, 0.4) is 0 Å². The molecule has 118 valence electrons. The minimum absolute atomic E-state index is 0.260. The summed E-state index contributed by atoms with van der Waals surface area (Å²) in [6.45, 7) is 7.60. The van der Waals surface area contributed by atoms with Crippen molar-refractivity contribution in [1.82, 2.24) is 4.90 Å². The molecule has 0 bridgehead atoms. The van der Waals surface area contributed by atoms with Gasteiger partial charge in [0, 0.05) is 6.04 Å². The van der Waals surface area contributed by atoms with Crippen LogP contribution in [0.15, 0.2) is 24.3 Å². The Balaban J connectivity index is 1.92. The molecule has 3 nitrogen and oxygen atoms in total. The molecule has 2 rings (SSSR count). The van der Waals surface area contributed by atoms with Crippen LogP contribution in [0.5, 0.6) is 0 Å². The highest BCUT2D eigenvalue weighted by atomic mass is 32.2. The summed E-state index contributed by atoms with van der Waals surface area (Å²) in [4.78, 5) is 2.44. The molecular formula is C17H27NO2S. The maximum Gasteiger partial charge on any atom is 0.152 e. The molecule has 1 unspecified atom stereocenters. The van der Waals surface area contributed by atoms with E-state index >= 15 is 0 Å². The quantitative estimate of drug-likeness (QED) is 0.809. The van der Waals surface area contributed by atoms with Crippen molar-refractivity contribution in [3.05, 3.63) is 35.4 Å². The van der Waals surface area contributed by atoms with Crippen LogP contribution in [0.2, 0.25) is 0 Å². The molecule has 1 atom stereocenters. The number of benzene rings is 1. The lowest BCUT2D eigenvalue weighted by Gasteiger charge is -2.25. The van der Waals surface area contributed by atoms with Gasteiger partial charge in [0.2, 0.25) is 0 Å². The molecule has 4 heteroatoms. The first-order valence-corrected chi connectivity index (χ1v) is 9.64. The summed E-state index contributed by atoms with van der Waals surface area (Å²) in [5.41, 5.74) is 2.65. The first-order chi connectivity index (χ1) is 9.90. The number of likely N-dealkylation sites (tertiary alicyclic amines) is 1. The molecule has 0 aliphatic carbocycles. The van der Waals surface area contributed by atoms with E-state index in [4.69, 9.17) is 0 Å². The fraction of sp³-hybridized carbons (Fsp3) is 0.647. The van der Waals surface area contributed by atoms with Crippen LogP contribution < -0.4 is 0 Å². The van der Waals surface area contributed by atoms with Gasteiger partial charge in [0.15, 0.2) is 9.84 Å². The fourth-order valence-electron chi connectivity index (χ4n) is 2.96. The Labute approximate surface area is 129 Å². The molecule has 1 heterocycles. The Morgan fingerprint density at radius 1 is 1.24 bits per heavy atom. The van der Waals surface area contributed by atoms with Gasteiger partial charge in [0.05, 0.1) is 11.0 Å². The highest BCUT2D eigenvalue weighted by molar-refractivity contribution is 7.91. The lowest BCUT2D eigenvalue weighted by molar-refractivity contribution is 0.258. The molecule has 1 saturated heterocycles. The monoisotopic (exact) mass is 309 g/mol. The zero-order chi connectivity index (χ0) is 15.5. The molecule has 0 aromatic heterocycles. The molecule has 1 aromatic rings. The molecule has 0 spiro atoms. The summed E-state index contributed by atoms with van der Waals surface area (Å²) in [5.74, 6) is 0.307. The van der Waals surface area contributed by atoms with Gasteiger partial charge in [-0.15, -0.1) is 0 Å². The van der Waals surface area contributed by atoms with E-state index in [-0.39, 0.29) is 5.25 Å². The minimum atomic E-state index is -2.90. The number of aryl methyl sites for hydroxylation is 1. The third-order valence-electron chi connectivity index (χ3n) is 4.42. The third-order valence-corrected chi connectivity index (χ3v) is 6.71. The predicted octanol–water partition coefficient (Wildman–Crippen LogP) is 3.35. The highest BCUT2D eigenvalue weighted by Crippen LogP contribution is 2.32. The molecule has 0 radical (unpaired) electrons. The molecule has 0 amide bonds. The zero-order valence-electron chi connectivity index (χ0n) is 13.4. The van der Waals surface area contributed by atoms with Crippen molar-refractivity contribution >= 4 is 9.84 Å². The van der Waals surface area contributed by atoms with Gasteiger partial charge in [0.25, 0.3) is 0 Å². The Morgan fingerprint density at radius 2 is 1.90 bits per heavy atom. The summed E-state index contributed by atoms with van der Waals surface area (Å²) < 4.78 is 23.7. The third kappa shape index (κ3) is 4.30. The van der Waals surface area contributed by atoms with Crippen LogP contribution in [-0.4, -0.2) is 37.4 Å². The van der Waals surface area contributed by atoms with Crippen molar-refractivity contribution in [1.29, 1.82) is 0 Å². The van der Waals surface area contributed by atoms with E-state index in [0.717, 1.165) is 19.5 Å². The number of hydrogen-bond donors (Lipinski definition) is 0. The van der Waals surface area contributed by atoms with Gasteiger partial charge < -0.3 is 0 Å². The highest BCUT2D eigenvalue weighted by Gasteiger charge is 2.26. The lowest BCUT2D eigenvalue weighted by atomic mass is 10.0. The van der Waals surface area contributed by atoms with Gasteiger partial charge in [-0.3, -0.25) is 4.90 Å². The van der Waals surface area contributed by atoms with Crippen molar-refractivity contribution in [3.63, 3.8) is 0 Å². The second-order valence-electron chi connectivity index (χ2n) is 6.37. The zero-order valence-corrected chi connectivity index (χ0v) is 14.2. The summed E-state index contributed by atoms with van der Waals surface area (Å²) >= 11 is 0. The van der Waals surface area contributed by atoms with Gasteiger partial charge in [-0.05, 0) is 58.7 Å². The van der Waals surface area contributed by atoms with Gasteiger partial charge in [0.1, 0.15) is 0 Å². The normalized spacial score (nSPS) is 20.3. The first kappa shape index (κ1) is 16.5. The average Bonchev–Trinajstić information content (AvgIpc) is 2.87. The van der Waals surface area contributed by atoms with E-state index in [9.17, 15) is 8.42 Å². The molecule has 1 aromatic carbocycles. The first-order valence-electron chi connectivity index (χ1n) is 7.92. The molecule has 0 saturated carbocycles. The van der Waals surface area contributed by atoms with Gasteiger partial charge >= 0.3 is 0 Å². The number of nitrogens with zero attached hydrogens (tertiary/aromatic N) is 1. The van der Waals surface area contributed by atoms with Crippen molar-refractivity contribution in [3.8, 4) is 0 Å². The average molecular weight is 309 g/mol. The van der Waals surface area contributed by atoms with E-state index in [1.54, 1.807) is 13.8 Å². The van der Waals surface area contributed by atoms with Crippen molar-refractivity contribution in [2.45, 2.75) is 51.3 Å². The number of hydrogen-bond acceptors (Lipinski definition) is 3. The van der Waals surface area contributed by atoms with E-state index in [0.29, 0.717) is 11.8 Å². The summed E-state index contributed by atoms with van der Waals surface area (Å²) in [5, 5.41) is -0.260.